The molecule has 2 aromatic rings. The van der Waals surface area contributed by atoms with Gasteiger partial charge in [-0.1, -0.05) is 12.1 Å². The number of nitrogens with one attached hydrogen (secondary N) is 2. The van der Waals surface area contributed by atoms with Gasteiger partial charge in [0.1, 0.15) is 5.70 Å². The average molecular weight is 372 g/mol. The maximum Gasteiger partial charge on any atom is 0.291 e. The van der Waals surface area contributed by atoms with Crippen LogP contribution in [0.25, 0.3) is 6.08 Å². The molecule has 0 spiro atoms. The van der Waals surface area contributed by atoms with E-state index < -0.39 is 28.7 Å². The Labute approximate surface area is 152 Å². The number of nitrogens with zero attached hydrogens (tertiary/aromatic N) is 1. The molecule has 1 aromatic carbocycles. The van der Waals surface area contributed by atoms with Crippen molar-refractivity contribution < 1.29 is 28.8 Å². The summed E-state index contributed by atoms with van der Waals surface area (Å²) in [6, 6.07) is 6.83. The molecule has 0 unspecified atom stereocenters. The van der Waals surface area contributed by atoms with E-state index in [4.69, 9.17) is 4.42 Å². The van der Waals surface area contributed by atoms with Gasteiger partial charge in [-0.25, -0.2) is 0 Å². The Morgan fingerprint density at radius 3 is 2.56 bits per heavy atom. The van der Waals surface area contributed by atoms with Crippen molar-refractivity contribution in [1.29, 1.82) is 0 Å². The zero-order chi connectivity index (χ0) is 20.0. The Morgan fingerprint density at radius 2 is 1.96 bits per heavy atom. The molecule has 0 aliphatic carbocycles. The highest BCUT2D eigenvalue weighted by Crippen LogP contribution is 2.15. The molecule has 0 bridgehead atoms. The van der Waals surface area contributed by atoms with Gasteiger partial charge in [-0.15, -0.1) is 0 Å². The van der Waals surface area contributed by atoms with Crippen molar-refractivity contribution in [3.63, 3.8) is 0 Å². The van der Waals surface area contributed by atoms with Crippen molar-refractivity contribution in [3.8, 4) is 0 Å². The maximum absolute atomic E-state index is 12.3. The van der Waals surface area contributed by atoms with Gasteiger partial charge in [-0.3, -0.25) is 19.7 Å². The van der Waals surface area contributed by atoms with Crippen molar-refractivity contribution in [2.75, 3.05) is 0 Å². The van der Waals surface area contributed by atoms with Crippen molar-refractivity contribution in [2.24, 2.45) is 0 Å². The fourth-order valence-electron chi connectivity index (χ4n) is 1.98. The molecular formula is C17H14N3O7-. The lowest BCUT2D eigenvalue weighted by Gasteiger charge is -2.16. The lowest BCUT2D eigenvalue weighted by atomic mass is 10.1. The summed E-state index contributed by atoms with van der Waals surface area (Å²) in [6.07, 6.45) is 2.43. The first kappa shape index (κ1) is 19.4. The summed E-state index contributed by atoms with van der Waals surface area (Å²) in [4.78, 5) is 45.6. The van der Waals surface area contributed by atoms with E-state index in [9.17, 15) is 29.6 Å². The van der Waals surface area contributed by atoms with E-state index in [1.807, 2.05) is 0 Å². The monoisotopic (exact) mass is 372 g/mol. The summed E-state index contributed by atoms with van der Waals surface area (Å²) in [5.41, 5.74) is -0.302. The summed E-state index contributed by atoms with van der Waals surface area (Å²) in [6.45, 7) is 1.19. The van der Waals surface area contributed by atoms with Crippen LogP contribution in [0.15, 0.2) is 52.8 Å². The second kappa shape index (κ2) is 8.43. The molecule has 27 heavy (non-hydrogen) atoms. The molecule has 10 heteroatoms. The lowest BCUT2D eigenvalue weighted by Crippen LogP contribution is -2.48. The molecule has 0 saturated heterocycles. The third-order valence-corrected chi connectivity index (χ3v) is 3.33. The zero-order valence-electron chi connectivity index (χ0n) is 14.0. The Balaban J connectivity index is 2.34. The van der Waals surface area contributed by atoms with Crippen LogP contribution in [0.1, 0.15) is 23.0 Å². The van der Waals surface area contributed by atoms with Gasteiger partial charge in [0, 0.05) is 12.1 Å². The fourth-order valence-corrected chi connectivity index (χ4v) is 1.98. The van der Waals surface area contributed by atoms with E-state index in [-0.39, 0.29) is 22.7 Å². The van der Waals surface area contributed by atoms with E-state index in [1.165, 1.54) is 55.7 Å². The molecule has 0 radical (unpaired) electrons. The average Bonchev–Trinajstić information content (AvgIpc) is 3.16. The Kier molecular flexibility index (Phi) is 6.05. The number of nitro groups is 1. The summed E-state index contributed by atoms with van der Waals surface area (Å²) in [5, 5.41) is 26.1. The van der Waals surface area contributed by atoms with Crippen molar-refractivity contribution in [2.45, 2.75) is 13.0 Å². The number of aliphatic carboxylic acids is 1. The molecule has 2 amide bonds. The molecular weight excluding hydrogens is 358 g/mol. The summed E-state index contributed by atoms with van der Waals surface area (Å²) < 4.78 is 4.93. The standard InChI is InChI=1S/C17H15N3O7/c1-10(17(23)24)18-15(21)13(19-16(22)14-6-3-7-27-14)9-11-4-2-5-12(8-11)20(25)26/h2-10H,1H3,(H,18,21)(H,19,22)(H,23,24)/p-1/b13-9-/t10-/m1/s1. The number of benzene rings is 1. The molecule has 1 aromatic heterocycles. The quantitative estimate of drug-likeness (QED) is 0.400. The molecule has 0 saturated carbocycles. The molecule has 0 aliphatic rings. The van der Waals surface area contributed by atoms with E-state index in [1.54, 1.807) is 0 Å². The molecule has 140 valence electrons. The van der Waals surface area contributed by atoms with Gasteiger partial charge in [-0.05, 0) is 30.7 Å². The Hall–Kier alpha value is -3.95. The van der Waals surface area contributed by atoms with Crippen LogP contribution in [0.3, 0.4) is 0 Å². The molecule has 2 rings (SSSR count). The highest BCUT2D eigenvalue weighted by atomic mass is 16.6. The van der Waals surface area contributed by atoms with Crippen LogP contribution in [0.2, 0.25) is 0 Å². The molecule has 0 fully saturated rings. The number of non-ortho nitro benzene ring substituents is 1. The first-order valence-electron chi connectivity index (χ1n) is 7.60. The summed E-state index contributed by atoms with van der Waals surface area (Å²) in [7, 11) is 0. The van der Waals surface area contributed by atoms with E-state index >= 15 is 0 Å². The smallest absolute Gasteiger partial charge is 0.291 e. The summed E-state index contributed by atoms with van der Waals surface area (Å²) in [5.74, 6) is -3.28. The molecule has 1 heterocycles. The van der Waals surface area contributed by atoms with Gasteiger partial charge in [-0.2, -0.15) is 0 Å². The second-order valence-corrected chi connectivity index (χ2v) is 5.36. The highest BCUT2D eigenvalue weighted by molar-refractivity contribution is 6.05. The number of carbonyl (C=O) groups is 3. The number of hydrogen-bond donors (Lipinski definition) is 2. The molecule has 2 N–H and O–H groups in total. The first-order valence-corrected chi connectivity index (χ1v) is 7.60. The lowest BCUT2D eigenvalue weighted by molar-refractivity contribution is -0.384. The third kappa shape index (κ3) is 5.26. The Bertz CT molecular complexity index is 903. The van der Waals surface area contributed by atoms with Gasteiger partial charge in [0.25, 0.3) is 17.5 Å². The number of nitro benzene ring substituents is 1. The summed E-state index contributed by atoms with van der Waals surface area (Å²) >= 11 is 0. The van der Waals surface area contributed by atoms with Crippen LogP contribution in [0.4, 0.5) is 5.69 Å². The minimum atomic E-state index is -1.52. The molecule has 1 atom stereocenters. The topological polar surface area (TPSA) is 155 Å². The van der Waals surface area contributed by atoms with Gasteiger partial charge in [0.2, 0.25) is 0 Å². The predicted molar refractivity (Wildman–Crippen MR) is 89.9 cm³/mol. The highest BCUT2D eigenvalue weighted by Gasteiger charge is 2.18. The van der Waals surface area contributed by atoms with Crippen LogP contribution in [0.5, 0.6) is 0 Å². The third-order valence-electron chi connectivity index (χ3n) is 3.33. The number of carboxylic acids is 1. The van der Waals surface area contributed by atoms with Gasteiger partial charge in [0.05, 0.1) is 23.2 Å². The fraction of sp³-hybridized carbons (Fsp3) is 0.118. The van der Waals surface area contributed by atoms with Gasteiger partial charge < -0.3 is 25.0 Å². The number of hydrogen-bond acceptors (Lipinski definition) is 7. The van der Waals surface area contributed by atoms with Crippen LogP contribution in [-0.2, 0) is 9.59 Å². The van der Waals surface area contributed by atoms with Gasteiger partial charge >= 0.3 is 0 Å². The van der Waals surface area contributed by atoms with Crippen LogP contribution < -0.4 is 15.7 Å². The number of furan rings is 1. The number of rotatable bonds is 7. The molecule has 0 aliphatic heterocycles. The van der Waals surface area contributed by atoms with E-state index in [0.717, 1.165) is 0 Å². The van der Waals surface area contributed by atoms with Crippen LogP contribution in [0, 0.1) is 10.1 Å². The van der Waals surface area contributed by atoms with Crippen LogP contribution >= 0.6 is 0 Å². The zero-order valence-corrected chi connectivity index (χ0v) is 14.0. The minimum Gasteiger partial charge on any atom is -0.548 e. The Morgan fingerprint density at radius 1 is 1.22 bits per heavy atom. The van der Waals surface area contributed by atoms with Crippen molar-refractivity contribution >= 4 is 29.5 Å². The number of amides is 2. The van der Waals surface area contributed by atoms with E-state index in [0.29, 0.717) is 0 Å². The largest absolute Gasteiger partial charge is 0.548 e. The molecule has 10 nitrogen and oxygen atoms in total. The SMILES string of the molecule is C[C@@H](NC(=O)/C(=C/c1cccc([N+](=O)[O-])c1)NC(=O)c1ccco1)C(=O)[O-]. The second-order valence-electron chi connectivity index (χ2n) is 5.36. The predicted octanol–water partition coefficient (Wildman–Crippen LogP) is 0.213. The van der Waals surface area contributed by atoms with Crippen LogP contribution in [-0.4, -0.2) is 28.7 Å². The number of carboxylic acid groups (broad SMARTS) is 1. The normalized spacial score (nSPS) is 12.1. The maximum atomic E-state index is 12.3. The van der Waals surface area contributed by atoms with Crippen molar-refractivity contribution in [1.82, 2.24) is 10.6 Å². The minimum absolute atomic E-state index is 0.0827. The van der Waals surface area contributed by atoms with Crippen molar-refractivity contribution in [3.05, 3.63) is 69.8 Å². The number of carbonyl (C=O) groups excluding carboxylic acids is 3. The van der Waals surface area contributed by atoms with Gasteiger partial charge in [0.15, 0.2) is 5.76 Å². The van der Waals surface area contributed by atoms with E-state index in [2.05, 4.69) is 10.6 Å². The first-order chi connectivity index (χ1) is 12.8.